The van der Waals surface area contributed by atoms with Crippen molar-refractivity contribution in [3.63, 3.8) is 0 Å². The van der Waals surface area contributed by atoms with Crippen LogP contribution in [0, 0.1) is 11.3 Å². The number of ether oxygens (including phenoxy) is 1. The number of carbonyl (C=O) groups excluding carboxylic acids is 1. The van der Waals surface area contributed by atoms with Crippen LogP contribution >= 0.6 is 0 Å². The summed E-state index contributed by atoms with van der Waals surface area (Å²) in [6, 6.07) is 21.3. The molecule has 1 atom stereocenters. The van der Waals surface area contributed by atoms with Gasteiger partial charge in [-0.3, -0.25) is 14.5 Å². The maximum Gasteiger partial charge on any atom is 0.274 e. The van der Waals surface area contributed by atoms with E-state index in [9.17, 15) is 14.9 Å². The first kappa shape index (κ1) is 21.3. The highest BCUT2D eigenvalue weighted by atomic mass is 16.5. The van der Waals surface area contributed by atoms with E-state index < -0.39 is 6.04 Å². The van der Waals surface area contributed by atoms with Gasteiger partial charge in [0, 0.05) is 32.2 Å². The molecule has 1 aliphatic heterocycles. The average Bonchev–Trinajstić information content (AvgIpc) is 2.86. The van der Waals surface area contributed by atoms with Gasteiger partial charge in [-0.15, -0.1) is 0 Å². The molecule has 3 aromatic rings. The normalized spacial score (nSPS) is 15.1. The summed E-state index contributed by atoms with van der Waals surface area (Å²) < 4.78 is 6.42. The third-order valence-electron chi connectivity index (χ3n) is 5.54. The van der Waals surface area contributed by atoms with Crippen LogP contribution in [-0.4, -0.2) is 58.8 Å². The molecule has 32 heavy (non-hydrogen) atoms. The van der Waals surface area contributed by atoms with Crippen LogP contribution in [0.15, 0.2) is 71.5 Å². The number of amides is 1. The van der Waals surface area contributed by atoms with E-state index in [1.165, 1.54) is 16.8 Å². The molecule has 1 amide bonds. The van der Waals surface area contributed by atoms with Crippen LogP contribution in [0.5, 0.6) is 5.75 Å². The molecule has 0 radical (unpaired) electrons. The summed E-state index contributed by atoms with van der Waals surface area (Å²) in [5, 5.41) is 14.0. The summed E-state index contributed by atoms with van der Waals surface area (Å²) in [7, 11) is 1.60. The highest BCUT2D eigenvalue weighted by Gasteiger charge is 2.28. The molecule has 0 aliphatic carbocycles. The first-order chi connectivity index (χ1) is 15.6. The molecule has 1 aliphatic rings. The van der Waals surface area contributed by atoms with E-state index in [2.05, 4.69) is 16.1 Å². The number of rotatable bonds is 5. The Kier molecular flexibility index (Phi) is 6.29. The van der Waals surface area contributed by atoms with Gasteiger partial charge in [0.15, 0.2) is 0 Å². The molecule has 1 fully saturated rings. The molecule has 2 heterocycles. The summed E-state index contributed by atoms with van der Waals surface area (Å²) in [4.78, 5) is 29.0. The molecular weight excluding hydrogens is 406 g/mol. The van der Waals surface area contributed by atoms with Crippen LogP contribution in [-0.2, 0) is 0 Å². The molecule has 8 heteroatoms. The van der Waals surface area contributed by atoms with Crippen molar-refractivity contribution in [3.8, 4) is 17.5 Å². The molecule has 0 N–H and O–H groups in total. The van der Waals surface area contributed by atoms with Crippen molar-refractivity contribution in [2.24, 2.45) is 0 Å². The molecule has 1 unspecified atom stereocenters. The Bertz CT molecular complexity index is 1180. The number of piperazine rings is 1. The molecule has 0 bridgehead atoms. The second kappa shape index (κ2) is 9.45. The Labute approximate surface area is 185 Å². The van der Waals surface area contributed by atoms with Gasteiger partial charge in [0.25, 0.3) is 11.5 Å². The lowest BCUT2D eigenvalue weighted by Crippen LogP contribution is -2.49. The van der Waals surface area contributed by atoms with Gasteiger partial charge in [-0.25, -0.2) is 0 Å². The van der Waals surface area contributed by atoms with E-state index in [4.69, 9.17) is 4.74 Å². The Morgan fingerprint density at radius 2 is 1.69 bits per heavy atom. The smallest absolute Gasteiger partial charge is 0.274 e. The molecule has 4 rings (SSSR count). The van der Waals surface area contributed by atoms with E-state index >= 15 is 0 Å². The minimum atomic E-state index is -0.392. The number of para-hydroxylation sites is 1. The predicted octanol–water partition coefficient (Wildman–Crippen LogP) is 2.26. The van der Waals surface area contributed by atoms with Gasteiger partial charge in [0.1, 0.15) is 17.5 Å². The quantitative estimate of drug-likeness (QED) is 0.618. The zero-order chi connectivity index (χ0) is 22.5. The van der Waals surface area contributed by atoms with E-state index in [1.807, 2.05) is 42.5 Å². The van der Waals surface area contributed by atoms with Crippen LogP contribution in [0.25, 0.3) is 5.69 Å². The first-order valence-corrected chi connectivity index (χ1v) is 10.3. The largest absolute Gasteiger partial charge is 0.497 e. The summed E-state index contributed by atoms with van der Waals surface area (Å²) >= 11 is 0. The number of aromatic nitrogens is 2. The molecule has 1 saturated heterocycles. The lowest BCUT2D eigenvalue weighted by atomic mass is 10.1. The van der Waals surface area contributed by atoms with Crippen molar-refractivity contribution < 1.29 is 9.53 Å². The van der Waals surface area contributed by atoms with E-state index in [0.717, 1.165) is 11.3 Å². The molecule has 0 saturated carbocycles. The summed E-state index contributed by atoms with van der Waals surface area (Å²) in [5.74, 6) is 0.512. The standard InChI is InChI=1S/C24H23N5O3/c1-32-20-9-7-18(8-10-20)22(17-25)27-13-15-28(16-14-27)24(31)21-11-12-23(30)29(26-21)19-5-3-2-4-6-19/h2-12,22H,13-16H2,1H3. The summed E-state index contributed by atoms with van der Waals surface area (Å²) in [6.45, 7) is 2.07. The number of benzene rings is 2. The predicted molar refractivity (Wildman–Crippen MR) is 119 cm³/mol. The van der Waals surface area contributed by atoms with Crippen molar-refractivity contribution in [1.29, 1.82) is 5.26 Å². The van der Waals surface area contributed by atoms with Crippen molar-refractivity contribution in [2.45, 2.75) is 6.04 Å². The van der Waals surface area contributed by atoms with Gasteiger partial charge in [0.05, 0.1) is 18.9 Å². The molecule has 8 nitrogen and oxygen atoms in total. The monoisotopic (exact) mass is 429 g/mol. The molecular formula is C24H23N5O3. The van der Waals surface area contributed by atoms with Gasteiger partial charge in [0.2, 0.25) is 0 Å². The minimum Gasteiger partial charge on any atom is -0.497 e. The summed E-state index contributed by atoms with van der Waals surface area (Å²) in [6.07, 6.45) is 0. The van der Waals surface area contributed by atoms with E-state index in [-0.39, 0.29) is 17.2 Å². The van der Waals surface area contributed by atoms with Crippen LogP contribution < -0.4 is 10.3 Å². The zero-order valence-corrected chi connectivity index (χ0v) is 17.7. The van der Waals surface area contributed by atoms with Gasteiger partial charge in [-0.05, 0) is 35.9 Å². The number of nitriles is 1. The molecule has 0 spiro atoms. The molecule has 1 aromatic heterocycles. The Morgan fingerprint density at radius 1 is 1.00 bits per heavy atom. The zero-order valence-electron chi connectivity index (χ0n) is 17.7. The van der Waals surface area contributed by atoms with Gasteiger partial charge in [-0.2, -0.15) is 15.0 Å². The Balaban J connectivity index is 1.45. The lowest BCUT2D eigenvalue weighted by Gasteiger charge is -2.36. The highest BCUT2D eigenvalue weighted by molar-refractivity contribution is 5.92. The van der Waals surface area contributed by atoms with E-state index in [1.54, 1.807) is 24.1 Å². The molecule has 162 valence electrons. The fourth-order valence-electron chi connectivity index (χ4n) is 3.78. The second-order valence-corrected chi connectivity index (χ2v) is 7.44. The van der Waals surface area contributed by atoms with Gasteiger partial charge >= 0.3 is 0 Å². The number of hydrogen-bond acceptors (Lipinski definition) is 6. The van der Waals surface area contributed by atoms with Gasteiger partial charge < -0.3 is 9.64 Å². The lowest BCUT2D eigenvalue weighted by molar-refractivity contribution is 0.0598. The first-order valence-electron chi connectivity index (χ1n) is 10.3. The topological polar surface area (TPSA) is 91.5 Å². The van der Waals surface area contributed by atoms with E-state index in [0.29, 0.717) is 31.9 Å². The van der Waals surface area contributed by atoms with Crippen LogP contribution in [0.4, 0.5) is 0 Å². The fraction of sp³-hybridized carbons (Fsp3) is 0.250. The van der Waals surface area contributed by atoms with Crippen molar-refractivity contribution in [3.05, 3.63) is 88.3 Å². The molecule has 2 aromatic carbocycles. The van der Waals surface area contributed by atoms with Crippen LogP contribution in [0.3, 0.4) is 0 Å². The maximum atomic E-state index is 13.0. The second-order valence-electron chi connectivity index (χ2n) is 7.44. The van der Waals surface area contributed by atoms with Crippen molar-refractivity contribution in [1.82, 2.24) is 19.6 Å². The number of hydrogen-bond donors (Lipinski definition) is 0. The average molecular weight is 429 g/mol. The van der Waals surface area contributed by atoms with Crippen molar-refractivity contribution in [2.75, 3.05) is 33.3 Å². The Morgan fingerprint density at radius 3 is 2.31 bits per heavy atom. The third kappa shape index (κ3) is 4.38. The van der Waals surface area contributed by atoms with Gasteiger partial charge in [-0.1, -0.05) is 30.3 Å². The van der Waals surface area contributed by atoms with Crippen LogP contribution in [0.1, 0.15) is 22.1 Å². The number of nitrogens with zero attached hydrogens (tertiary/aromatic N) is 5. The highest BCUT2D eigenvalue weighted by Crippen LogP contribution is 2.24. The summed E-state index contributed by atoms with van der Waals surface area (Å²) in [5.41, 5.74) is 1.42. The number of methoxy groups -OCH3 is 1. The Hall–Kier alpha value is -3.96. The van der Waals surface area contributed by atoms with Crippen LogP contribution in [0.2, 0.25) is 0 Å². The fourth-order valence-corrected chi connectivity index (χ4v) is 3.78. The SMILES string of the molecule is COc1ccc(C(C#N)N2CCN(C(=O)c3ccc(=O)n(-c4ccccc4)n3)CC2)cc1. The third-order valence-corrected chi connectivity index (χ3v) is 5.54. The maximum absolute atomic E-state index is 13.0. The minimum absolute atomic E-state index is 0.217. The number of carbonyl (C=O) groups is 1. The van der Waals surface area contributed by atoms with Crippen molar-refractivity contribution >= 4 is 5.91 Å².